The first-order chi connectivity index (χ1) is 9.49. The molecule has 0 fully saturated rings. The molecule has 9 heteroatoms. The van der Waals surface area contributed by atoms with Crippen LogP contribution in [0.15, 0.2) is 35.1 Å². The quantitative estimate of drug-likeness (QED) is 0.381. The number of ether oxygens (including phenoxy) is 1. The average molecular weight is 338 g/mol. The third-order valence-corrected chi connectivity index (χ3v) is 2.74. The Labute approximate surface area is 121 Å². The van der Waals surface area contributed by atoms with Crippen molar-refractivity contribution >= 4 is 27.5 Å². The van der Waals surface area contributed by atoms with E-state index >= 15 is 0 Å². The van der Waals surface area contributed by atoms with Crippen LogP contribution in [0.2, 0.25) is 0 Å². The molecule has 3 N–H and O–H groups in total. The highest BCUT2D eigenvalue weighted by Crippen LogP contribution is 2.33. The SMILES string of the molecule is N=C(N)c1nccnc1Oc1ccc(Br)cc1[N+](=O)[O-]. The fraction of sp³-hybridized carbons (Fsp3) is 0. The normalized spacial score (nSPS) is 10.1. The van der Waals surface area contributed by atoms with Crippen LogP contribution in [0.25, 0.3) is 0 Å². The number of aromatic nitrogens is 2. The van der Waals surface area contributed by atoms with E-state index in [0.29, 0.717) is 4.47 Å². The molecule has 2 rings (SSSR count). The molecule has 0 unspecified atom stereocenters. The van der Waals surface area contributed by atoms with Gasteiger partial charge in [-0.25, -0.2) is 9.97 Å². The highest BCUT2D eigenvalue weighted by Gasteiger charge is 2.19. The second kappa shape index (κ2) is 5.61. The molecule has 1 aromatic heterocycles. The molecule has 0 radical (unpaired) electrons. The molecular weight excluding hydrogens is 330 g/mol. The number of hydrogen-bond acceptors (Lipinski definition) is 6. The van der Waals surface area contributed by atoms with Crippen molar-refractivity contribution in [2.45, 2.75) is 0 Å². The van der Waals surface area contributed by atoms with Crippen LogP contribution in [0.3, 0.4) is 0 Å². The Morgan fingerprint density at radius 2 is 2.10 bits per heavy atom. The van der Waals surface area contributed by atoms with Gasteiger partial charge in [0.25, 0.3) is 0 Å². The summed E-state index contributed by atoms with van der Waals surface area (Å²) in [5.41, 5.74) is 5.13. The number of nitro groups is 1. The van der Waals surface area contributed by atoms with Crippen molar-refractivity contribution in [1.29, 1.82) is 5.41 Å². The van der Waals surface area contributed by atoms with E-state index in [1.807, 2.05) is 0 Å². The predicted molar refractivity (Wildman–Crippen MR) is 73.9 cm³/mol. The van der Waals surface area contributed by atoms with Gasteiger partial charge in [-0.15, -0.1) is 0 Å². The second-order valence-electron chi connectivity index (χ2n) is 3.59. The lowest BCUT2D eigenvalue weighted by Gasteiger charge is -2.08. The van der Waals surface area contributed by atoms with Gasteiger partial charge in [0.2, 0.25) is 11.6 Å². The lowest BCUT2D eigenvalue weighted by molar-refractivity contribution is -0.385. The summed E-state index contributed by atoms with van der Waals surface area (Å²) < 4.78 is 5.91. The Hall–Kier alpha value is -2.55. The molecule has 0 aliphatic rings. The zero-order valence-corrected chi connectivity index (χ0v) is 11.5. The van der Waals surface area contributed by atoms with Gasteiger partial charge >= 0.3 is 5.69 Å². The molecular formula is C11H8BrN5O3. The number of nitrogen functional groups attached to an aromatic ring is 1. The predicted octanol–water partition coefficient (Wildman–Crippen LogP) is 2.22. The molecule has 102 valence electrons. The number of nitrogens with zero attached hydrogens (tertiary/aromatic N) is 3. The number of rotatable bonds is 4. The summed E-state index contributed by atoms with van der Waals surface area (Å²) in [6.07, 6.45) is 2.69. The molecule has 0 saturated heterocycles. The fourth-order valence-electron chi connectivity index (χ4n) is 1.41. The maximum atomic E-state index is 11.0. The van der Waals surface area contributed by atoms with Gasteiger partial charge in [-0.1, -0.05) is 15.9 Å². The molecule has 0 aliphatic carbocycles. The van der Waals surface area contributed by atoms with Crippen molar-refractivity contribution in [1.82, 2.24) is 9.97 Å². The van der Waals surface area contributed by atoms with Crippen LogP contribution < -0.4 is 10.5 Å². The minimum absolute atomic E-state index is 0.0128. The van der Waals surface area contributed by atoms with Gasteiger partial charge in [0.1, 0.15) is 5.84 Å². The smallest absolute Gasteiger partial charge is 0.312 e. The number of hydrogen-bond donors (Lipinski definition) is 2. The summed E-state index contributed by atoms with van der Waals surface area (Å²) >= 11 is 3.15. The van der Waals surface area contributed by atoms with Crippen LogP contribution in [-0.2, 0) is 0 Å². The van der Waals surface area contributed by atoms with E-state index < -0.39 is 4.92 Å². The number of nitrogens with two attached hydrogens (primary N) is 1. The Morgan fingerprint density at radius 1 is 1.40 bits per heavy atom. The number of nitrogens with one attached hydrogen (secondary N) is 1. The zero-order valence-electron chi connectivity index (χ0n) is 9.91. The van der Waals surface area contributed by atoms with Gasteiger partial charge in [0.05, 0.1) is 4.92 Å². The van der Waals surface area contributed by atoms with Gasteiger partial charge in [-0.2, -0.15) is 0 Å². The largest absolute Gasteiger partial charge is 0.430 e. The van der Waals surface area contributed by atoms with Gasteiger partial charge < -0.3 is 10.5 Å². The summed E-state index contributed by atoms with van der Waals surface area (Å²) in [5.74, 6) is -0.417. The summed E-state index contributed by atoms with van der Waals surface area (Å²) in [5, 5.41) is 18.4. The third-order valence-electron chi connectivity index (χ3n) is 2.24. The maximum Gasteiger partial charge on any atom is 0.312 e. The fourth-order valence-corrected chi connectivity index (χ4v) is 1.76. The molecule has 0 atom stereocenters. The molecule has 0 aliphatic heterocycles. The van der Waals surface area contributed by atoms with E-state index in [-0.39, 0.29) is 28.8 Å². The summed E-state index contributed by atoms with van der Waals surface area (Å²) in [7, 11) is 0. The van der Waals surface area contributed by atoms with Gasteiger partial charge in [-0.3, -0.25) is 15.5 Å². The highest BCUT2D eigenvalue weighted by atomic mass is 79.9. The van der Waals surface area contributed by atoms with Gasteiger partial charge in [0.15, 0.2) is 5.69 Å². The minimum Gasteiger partial charge on any atom is -0.430 e. The molecule has 0 bridgehead atoms. The Kier molecular flexibility index (Phi) is 3.89. The lowest BCUT2D eigenvalue weighted by Crippen LogP contribution is -2.15. The second-order valence-corrected chi connectivity index (χ2v) is 4.51. The number of halogens is 1. The van der Waals surface area contributed by atoms with Crippen LogP contribution in [0, 0.1) is 15.5 Å². The first-order valence-corrected chi connectivity index (χ1v) is 6.05. The molecule has 0 spiro atoms. The number of benzene rings is 1. The van der Waals surface area contributed by atoms with E-state index in [1.165, 1.54) is 24.5 Å². The van der Waals surface area contributed by atoms with Crippen LogP contribution in [-0.4, -0.2) is 20.7 Å². The van der Waals surface area contributed by atoms with E-state index in [0.717, 1.165) is 0 Å². The molecule has 8 nitrogen and oxygen atoms in total. The van der Waals surface area contributed by atoms with E-state index in [4.69, 9.17) is 15.9 Å². The Bertz CT molecular complexity index is 692. The van der Waals surface area contributed by atoms with Crippen LogP contribution in [0.1, 0.15) is 5.69 Å². The summed E-state index contributed by atoms with van der Waals surface area (Å²) in [6.45, 7) is 0. The van der Waals surface area contributed by atoms with Crippen molar-refractivity contribution in [3.05, 3.63) is 50.9 Å². The van der Waals surface area contributed by atoms with Crippen molar-refractivity contribution in [3.63, 3.8) is 0 Å². The van der Waals surface area contributed by atoms with Crippen molar-refractivity contribution < 1.29 is 9.66 Å². The third kappa shape index (κ3) is 2.88. The molecule has 1 heterocycles. The van der Waals surface area contributed by atoms with Crippen LogP contribution in [0.5, 0.6) is 11.6 Å². The van der Waals surface area contributed by atoms with Crippen molar-refractivity contribution in [3.8, 4) is 11.6 Å². The van der Waals surface area contributed by atoms with E-state index in [1.54, 1.807) is 6.07 Å². The van der Waals surface area contributed by atoms with E-state index in [9.17, 15) is 10.1 Å². The first kappa shape index (κ1) is 13.9. The molecule has 0 amide bonds. The Morgan fingerprint density at radius 3 is 2.75 bits per heavy atom. The lowest BCUT2D eigenvalue weighted by atomic mass is 10.3. The van der Waals surface area contributed by atoms with Crippen molar-refractivity contribution in [2.24, 2.45) is 5.73 Å². The van der Waals surface area contributed by atoms with Crippen molar-refractivity contribution in [2.75, 3.05) is 0 Å². The average Bonchev–Trinajstić information content (AvgIpc) is 2.41. The maximum absolute atomic E-state index is 11.0. The standard InChI is InChI=1S/C11H8BrN5O3/c12-6-1-2-8(7(5-6)17(18)19)20-11-9(10(13)14)15-3-4-16-11/h1-5H,(H3,13,14). The number of nitro benzene ring substituents is 1. The molecule has 20 heavy (non-hydrogen) atoms. The highest BCUT2D eigenvalue weighted by molar-refractivity contribution is 9.10. The topological polar surface area (TPSA) is 128 Å². The van der Waals surface area contributed by atoms with Crippen LogP contribution >= 0.6 is 15.9 Å². The summed E-state index contributed by atoms with van der Waals surface area (Å²) in [4.78, 5) is 18.1. The molecule has 1 aromatic carbocycles. The van der Waals surface area contributed by atoms with Gasteiger partial charge in [-0.05, 0) is 12.1 Å². The minimum atomic E-state index is -0.579. The number of amidine groups is 1. The molecule has 2 aromatic rings. The zero-order chi connectivity index (χ0) is 14.7. The monoisotopic (exact) mass is 337 g/mol. The first-order valence-electron chi connectivity index (χ1n) is 5.26. The van der Waals surface area contributed by atoms with Gasteiger partial charge in [0, 0.05) is 22.9 Å². The summed E-state index contributed by atoms with van der Waals surface area (Å²) in [6, 6.07) is 4.31. The Balaban J connectivity index is 2.45. The van der Waals surface area contributed by atoms with Crippen LogP contribution in [0.4, 0.5) is 5.69 Å². The van der Waals surface area contributed by atoms with E-state index in [2.05, 4.69) is 25.9 Å². The molecule has 0 saturated carbocycles.